The van der Waals surface area contributed by atoms with Crippen LogP contribution in [0.1, 0.15) is 36.6 Å². The average molecular weight is 281 g/mol. The average Bonchev–Trinajstić information content (AvgIpc) is 2.53. The second-order valence-corrected chi connectivity index (χ2v) is 5.10. The quantitative estimate of drug-likeness (QED) is 0.908. The summed E-state index contributed by atoms with van der Waals surface area (Å²) in [6.07, 6.45) is 0. The van der Waals surface area contributed by atoms with Crippen molar-refractivity contribution in [1.82, 2.24) is 4.98 Å². The molecule has 1 heterocycles. The van der Waals surface area contributed by atoms with E-state index in [0.717, 1.165) is 17.0 Å². The van der Waals surface area contributed by atoms with Crippen molar-refractivity contribution in [3.05, 3.63) is 53.2 Å². The summed E-state index contributed by atoms with van der Waals surface area (Å²) in [5, 5.41) is 12.4. The van der Waals surface area contributed by atoms with Crippen molar-refractivity contribution >= 4 is 5.82 Å². The molecule has 4 heteroatoms. The fraction of sp³-hybridized carbons (Fsp3) is 0.294. The number of ether oxygens (including phenoxy) is 1. The van der Waals surface area contributed by atoms with Crippen molar-refractivity contribution in [2.45, 2.75) is 26.3 Å². The van der Waals surface area contributed by atoms with Gasteiger partial charge in [0.2, 0.25) is 0 Å². The molecule has 0 aliphatic rings. The van der Waals surface area contributed by atoms with Gasteiger partial charge in [-0.15, -0.1) is 0 Å². The Balaban J connectivity index is 2.14. The van der Waals surface area contributed by atoms with Gasteiger partial charge in [-0.25, -0.2) is 4.98 Å². The Morgan fingerprint density at radius 1 is 1.19 bits per heavy atom. The fourth-order valence-corrected chi connectivity index (χ4v) is 1.95. The van der Waals surface area contributed by atoms with E-state index in [2.05, 4.69) is 30.2 Å². The van der Waals surface area contributed by atoms with Gasteiger partial charge in [-0.05, 0) is 35.7 Å². The summed E-state index contributed by atoms with van der Waals surface area (Å²) >= 11 is 0. The summed E-state index contributed by atoms with van der Waals surface area (Å²) in [6.45, 7) is 4.79. The lowest BCUT2D eigenvalue weighted by atomic mass is 10.1. The Labute approximate surface area is 125 Å². The molecule has 0 fully saturated rings. The van der Waals surface area contributed by atoms with Crippen LogP contribution in [0.5, 0.6) is 5.75 Å². The Hall–Kier alpha value is -2.54. The zero-order valence-corrected chi connectivity index (χ0v) is 12.6. The fourth-order valence-electron chi connectivity index (χ4n) is 1.95. The smallest absolute Gasteiger partial charge is 0.144 e. The molecule has 0 unspecified atom stereocenters. The van der Waals surface area contributed by atoms with E-state index in [1.807, 2.05) is 36.4 Å². The lowest BCUT2D eigenvalue weighted by molar-refractivity contribution is 0.414. The summed E-state index contributed by atoms with van der Waals surface area (Å²) < 4.78 is 5.13. The topological polar surface area (TPSA) is 57.9 Å². The Morgan fingerprint density at radius 2 is 1.90 bits per heavy atom. The number of hydrogen-bond acceptors (Lipinski definition) is 4. The Kier molecular flexibility index (Phi) is 4.78. The van der Waals surface area contributed by atoms with Gasteiger partial charge in [-0.1, -0.05) is 26.0 Å². The molecule has 2 rings (SSSR count). The third-order valence-electron chi connectivity index (χ3n) is 3.25. The molecule has 1 N–H and O–H groups in total. The molecule has 0 amide bonds. The van der Waals surface area contributed by atoms with Crippen LogP contribution in [0.3, 0.4) is 0 Å². The minimum Gasteiger partial charge on any atom is -0.497 e. The molecular weight excluding hydrogens is 262 g/mol. The van der Waals surface area contributed by atoms with Crippen LogP contribution in [0.15, 0.2) is 36.4 Å². The number of aromatic nitrogens is 1. The van der Waals surface area contributed by atoms with Crippen LogP contribution in [0, 0.1) is 11.3 Å². The standard InChI is InChI=1S/C17H19N3O/c1-12(2)16-9-6-14(10-18)17(20-16)19-11-13-4-7-15(21-3)8-5-13/h4-9,12H,11H2,1-3H3,(H,19,20). The van der Waals surface area contributed by atoms with E-state index in [1.54, 1.807) is 7.11 Å². The number of hydrogen-bond donors (Lipinski definition) is 1. The number of benzene rings is 1. The van der Waals surface area contributed by atoms with Gasteiger partial charge in [0, 0.05) is 12.2 Å². The van der Waals surface area contributed by atoms with Crippen LogP contribution in [0.25, 0.3) is 0 Å². The number of rotatable bonds is 5. The summed E-state index contributed by atoms with van der Waals surface area (Å²) in [4.78, 5) is 4.53. The minimum absolute atomic E-state index is 0.333. The van der Waals surface area contributed by atoms with E-state index < -0.39 is 0 Å². The largest absolute Gasteiger partial charge is 0.497 e. The maximum absolute atomic E-state index is 9.17. The molecular formula is C17H19N3O. The first-order valence-electron chi connectivity index (χ1n) is 6.92. The molecule has 0 aliphatic heterocycles. The predicted octanol–water partition coefficient (Wildman–Crippen LogP) is 3.70. The van der Waals surface area contributed by atoms with E-state index in [0.29, 0.717) is 23.8 Å². The van der Waals surface area contributed by atoms with Gasteiger partial charge in [0.25, 0.3) is 0 Å². The number of nitriles is 1. The number of pyridine rings is 1. The summed E-state index contributed by atoms with van der Waals surface area (Å²) in [7, 11) is 1.65. The second-order valence-electron chi connectivity index (χ2n) is 5.10. The van der Waals surface area contributed by atoms with Crippen molar-refractivity contribution < 1.29 is 4.74 Å². The Morgan fingerprint density at radius 3 is 2.48 bits per heavy atom. The zero-order valence-electron chi connectivity index (χ0n) is 12.6. The molecule has 1 aromatic heterocycles. The van der Waals surface area contributed by atoms with Crippen LogP contribution in [0.2, 0.25) is 0 Å². The van der Waals surface area contributed by atoms with Crippen molar-refractivity contribution in [3.63, 3.8) is 0 Å². The molecule has 0 bridgehead atoms. The van der Waals surface area contributed by atoms with Gasteiger partial charge in [0.1, 0.15) is 17.6 Å². The van der Waals surface area contributed by atoms with Crippen LogP contribution < -0.4 is 10.1 Å². The first kappa shape index (κ1) is 14.9. The molecule has 0 saturated carbocycles. The van der Waals surface area contributed by atoms with Crippen LogP contribution >= 0.6 is 0 Å². The maximum atomic E-state index is 9.17. The number of nitrogens with zero attached hydrogens (tertiary/aromatic N) is 2. The van der Waals surface area contributed by atoms with Gasteiger partial charge >= 0.3 is 0 Å². The summed E-state index contributed by atoms with van der Waals surface area (Å²) in [5.74, 6) is 1.80. The van der Waals surface area contributed by atoms with Gasteiger partial charge in [-0.3, -0.25) is 0 Å². The SMILES string of the molecule is COc1ccc(CNc2nc(C(C)C)ccc2C#N)cc1. The van der Waals surface area contributed by atoms with Gasteiger partial charge in [0.05, 0.1) is 12.7 Å². The molecule has 2 aromatic rings. The molecule has 4 nitrogen and oxygen atoms in total. The summed E-state index contributed by atoms with van der Waals surface area (Å²) in [6, 6.07) is 13.7. The van der Waals surface area contributed by atoms with Gasteiger partial charge in [-0.2, -0.15) is 5.26 Å². The van der Waals surface area contributed by atoms with E-state index >= 15 is 0 Å². The van der Waals surface area contributed by atoms with E-state index in [9.17, 15) is 0 Å². The van der Waals surface area contributed by atoms with Crippen molar-refractivity contribution in [1.29, 1.82) is 5.26 Å². The number of anilines is 1. The van der Waals surface area contributed by atoms with Crippen LogP contribution in [-0.2, 0) is 6.54 Å². The highest BCUT2D eigenvalue weighted by Gasteiger charge is 2.08. The zero-order chi connectivity index (χ0) is 15.2. The molecule has 21 heavy (non-hydrogen) atoms. The van der Waals surface area contributed by atoms with Crippen molar-refractivity contribution in [2.24, 2.45) is 0 Å². The van der Waals surface area contributed by atoms with Crippen LogP contribution in [0.4, 0.5) is 5.82 Å². The molecule has 1 aromatic carbocycles. The van der Waals surface area contributed by atoms with Gasteiger partial charge in [0.15, 0.2) is 0 Å². The highest BCUT2D eigenvalue weighted by atomic mass is 16.5. The minimum atomic E-state index is 0.333. The number of nitrogens with one attached hydrogen (secondary N) is 1. The van der Waals surface area contributed by atoms with E-state index in [-0.39, 0.29) is 0 Å². The van der Waals surface area contributed by atoms with E-state index in [4.69, 9.17) is 10.00 Å². The lowest BCUT2D eigenvalue weighted by Crippen LogP contribution is -2.05. The Bertz CT molecular complexity index is 642. The first-order chi connectivity index (χ1) is 10.1. The van der Waals surface area contributed by atoms with Crippen molar-refractivity contribution in [2.75, 3.05) is 12.4 Å². The predicted molar refractivity (Wildman–Crippen MR) is 83.4 cm³/mol. The van der Waals surface area contributed by atoms with Crippen molar-refractivity contribution in [3.8, 4) is 11.8 Å². The molecule has 108 valence electrons. The molecule has 0 radical (unpaired) electrons. The lowest BCUT2D eigenvalue weighted by Gasteiger charge is -2.11. The third-order valence-corrected chi connectivity index (χ3v) is 3.25. The number of methoxy groups -OCH3 is 1. The molecule has 0 aliphatic carbocycles. The summed E-state index contributed by atoms with van der Waals surface area (Å²) in [5.41, 5.74) is 2.65. The molecule has 0 spiro atoms. The first-order valence-corrected chi connectivity index (χ1v) is 6.92. The van der Waals surface area contributed by atoms with E-state index in [1.165, 1.54) is 0 Å². The molecule has 0 atom stereocenters. The molecule has 0 saturated heterocycles. The van der Waals surface area contributed by atoms with Crippen LogP contribution in [-0.4, -0.2) is 12.1 Å². The second kappa shape index (κ2) is 6.76. The highest BCUT2D eigenvalue weighted by molar-refractivity contribution is 5.52. The normalized spacial score (nSPS) is 10.2. The monoisotopic (exact) mass is 281 g/mol. The van der Waals surface area contributed by atoms with Gasteiger partial charge < -0.3 is 10.1 Å². The third kappa shape index (κ3) is 3.73. The highest BCUT2D eigenvalue weighted by Crippen LogP contribution is 2.19. The maximum Gasteiger partial charge on any atom is 0.144 e.